The Balaban J connectivity index is 2.61. The van der Waals surface area contributed by atoms with E-state index in [9.17, 15) is 0 Å². The molecular formula is C14H15ClO2. The monoisotopic (exact) mass is 250 g/mol. The van der Waals surface area contributed by atoms with Gasteiger partial charge in [-0.25, -0.2) is 0 Å². The van der Waals surface area contributed by atoms with Crippen molar-refractivity contribution in [2.75, 3.05) is 19.6 Å². The van der Waals surface area contributed by atoms with Crippen LogP contribution in [-0.4, -0.2) is 19.6 Å². The minimum absolute atomic E-state index is 0.486. The predicted octanol–water partition coefficient (Wildman–Crippen LogP) is 3.77. The number of benzene rings is 2. The Morgan fingerprint density at radius 2 is 1.88 bits per heavy atom. The zero-order valence-electron chi connectivity index (χ0n) is 10.00. The van der Waals surface area contributed by atoms with Crippen molar-refractivity contribution in [1.29, 1.82) is 0 Å². The molecule has 0 saturated heterocycles. The molecule has 90 valence electrons. The highest BCUT2D eigenvalue weighted by Gasteiger charge is 2.10. The lowest BCUT2D eigenvalue weighted by atomic mass is 10.0. The third-order valence-corrected chi connectivity index (χ3v) is 2.84. The molecule has 0 aliphatic heterocycles. The second-order valence-electron chi connectivity index (χ2n) is 3.81. The topological polar surface area (TPSA) is 18.5 Å². The molecule has 2 nitrogen and oxygen atoms in total. The van der Waals surface area contributed by atoms with E-state index < -0.39 is 0 Å². The van der Waals surface area contributed by atoms with Gasteiger partial charge in [0.2, 0.25) is 0 Å². The van der Waals surface area contributed by atoms with Gasteiger partial charge in [-0.1, -0.05) is 24.3 Å². The van der Waals surface area contributed by atoms with E-state index in [-0.39, 0.29) is 0 Å². The summed E-state index contributed by atoms with van der Waals surface area (Å²) >= 11 is 5.65. The van der Waals surface area contributed by atoms with Gasteiger partial charge in [-0.2, -0.15) is 0 Å². The summed E-state index contributed by atoms with van der Waals surface area (Å²) in [6.07, 6.45) is 0. The Bertz CT molecular complexity index is 523. The predicted molar refractivity (Wildman–Crippen MR) is 71.5 cm³/mol. The van der Waals surface area contributed by atoms with Gasteiger partial charge >= 0.3 is 0 Å². The third kappa shape index (κ3) is 2.32. The van der Waals surface area contributed by atoms with Gasteiger partial charge in [0.15, 0.2) is 0 Å². The quantitative estimate of drug-likeness (QED) is 0.769. The van der Waals surface area contributed by atoms with Gasteiger partial charge in [0.25, 0.3) is 0 Å². The first-order chi connectivity index (χ1) is 8.27. The molecule has 0 unspecified atom stereocenters. The van der Waals surface area contributed by atoms with E-state index in [0.717, 1.165) is 27.8 Å². The van der Waals surface area contributed by atoms with Gasteiger partial charge in [-0.3, -0.25) is 0 Å². The largest absolute Gasteiger partial charge is 0.496 e. The van der Waals surface area contributed by atoms with Gasteiger partial charge in [0.1, 0.15) is 18.1 Å². The van der Waals surface area contributed by atoms with E-state index in [1.807, 2.05) is 37.3 Å². The van der Waals surface area contributed by atoms with Gasteiger partial charge in [-0.05, 0) is 18.6 Å². The molecule has 2 aromatic rings. The molecule has 3 heteroatoms. The van der Waals surface area contributed by atoms with Crippen molar-refractivity contribution in [2.45, 2.75) is 6.92 Å². The number of methoxy groups -OCH3 is 1. The van der Waals surface area contributed by atoms with Crippen LogP contribution in [0.5, 0.6) is 11.5 Å². The van der Waals surface area contributed by atoms with Crippen LogP contribution >= 0.6 is 11.6 Å². The second-order valence-corrected chi connectivity index (χ2v) is 4.19. The fraction of sp³-hybridized carbons (Fsp3) is 0.286. The molecule has 0 atom stereocenters. The van der Waals surface area contributed by atoms with Crippen LogP contribution in [0.4, 0.5) is 0 Å². The zero-order chi connectivity index (χ0) is 12.3. The maximum Gasteiger partial charge on any atom is 0.129 e. The Hall–Kier alpha value is -1.41. The smallest absolute Gasteiger partial charge is 0.129 e. The summed E-state index contributed by atoms with van der Waals surface area (Å²) in [4.78, 5) is 0. The average Bonchev–Trinajstić information content (AvgIpc) is 2.36. The van der Waals surface area contributed by atoms with Crippen molar-refractivity contribution in [1.82, 2.24) is 0 Å². The molecule has 2 aromatic carbocycles. The van der Waals surface area contributed by atoms with Crippen molar-refractivity contribution in [3.05, 3.63) is 35.9 Å². The minimum atomic E-state index is 0.486. The molecule has 0 heterocycles. The van der Waals surface area contributed by atoms with E-state index in [1.165, 1.54) is 0 Å². The first kappa shape index (κ1) is 12.1. The third-order valence-electron chi connectivity index (χ3n) is 2.68. The van der Waals surface area contributed by atoms with Gasteiger partial charge in [0, 0.05) is 10.8 Å². The van der Waals surface area contributed by atoms with Crippen LogP contribution in [0.25, 0.3) is 10.8 Å². The summed E-state index contributed by atoms with van der Waals surface area (Å²) in [6.45, 7) is 2.52. The van der Waals surface area contributed by atoms with Crippen molar-refractivity contribution < 1.29 is 9.47 Å². The van der Waals surface area contributed by atoms with Crippen LogP contribution < -0.4 is 9.47 Å². The number of aryl methyl sites for hydroxylation is 1. The van der Waals surface area contributed by atoms with Crippen molar-refractivity contribution >= 4 is 22.4 Å². The molecule has 0 fully saturated rings. The van der Waals surface area contributed by atoms with E-state index in [4.69, 9.17) is 21.1 Å². The number of fused-ring (bicyclic) bond motifs is 1. The molecule has 0 amide bonds. The molecular weight excluding hydrogens is 236 g/mol. The van der Waals surface area contributed by atoms with E-state index in [2.05, 4.69) is 0 Å². The molecule has 0 aromatic heterocycles. The summed E-state index contributed by atoms with van der Waals surface area (Å²) in [6, 6.07) is 10.0. The van der Waals surface area contributed by atoms with E-state index in [1.54, 1.807) is 7.11 Å². The maximum atomic E-state index is 5.66. The van der Waals surface area contributed by atoms with Crippen molar-refractivity contribution in [3.63, 3.8) is 0 Å². The second kappa shape index (κ2) is 5.28. The standard InChI is InChI=1S/C14H15ClO2/c1-10-9-13(17-8-7-15)11-5-3-4-6-12(11)14(10)16-2/h3-6,9H,7-8H2,1-2H3. The fourth-order valence-corrected chi connectivity index (χ4v) is 2.06. The van der Waals surface area contributed by atoms with Crippen LogP contribution in [0, 0.1) is 6.92 Å². The van der Waals surface area contributed by atoms with Crippen molar-refractivity contribution in [3.8, 4) is 11.5 Å². The highest BCUT2D eigenvalue weighted by atomic mass is 35.5. The Morgan fingerprint density at radius 1 is 1.18 bits per heavy atom. The average molecular weight is 251 g/mol. The van der Waals surface area contributed by atoms with Crippen LogP contribution in [0.1, 0.15) is 5.56 Å². The molecule has 2 rings (SSSR count). The summed E-state index contributed by atoms with van der Waals surface area (Å²) in [7, 11) is 1.69. The fourth-order valence-electron chi connectivity index (χ4n) is 1.99. The summed E-state index contributed by atoms with van der Waals surface area (Å²) < 4.78 is 11.1. The summed E-state index contributed by atoms with van der Waals surface area (Å²) in [5.41, 5.74) is 1.07. The SMILES string of the molecule is COc1c(C)cc(OCCCl)c2ccccc12. The molecule has 0 radical (unpaired) electrons. The lowest BCUT2D eigenvalue weighted by Gasteiger charge is -2.13. The molecule has 0 bridgehead atoms. The number of rotatable bonds is 4. The molecule has 0 aliphatic carbocycles. The van der Waals surface area contributed by atoms with E-state index in [0.29, 0.717) is 12.5 Å². The van der Waals surface area contributed by atoms with Gasteiger partial charge in [0.05, 0.1) is 13.0 Å². The first-order valence-electron chi connectivity index (χ1n) is 5.53. The molecule has 0 saturated carbocycles. The van der Waals surface area contributed by atoms with Crippen molar-refractivity contribution in [2.24, 2.45) is 0 Å². The summed E-state index contributed by atoms with van der Waals surface area (Å²) in [5, 5.41) is 2.12. The highest BCUT2D eigenvalue weighted by molar-refractivity contribution is 6.18. The number of ether oxygens (including phenoxy) is 2. The Kier molecular flexibility index (Phi) is 3.75. The first-order valence-corrected chi connectivity index (χ1v) is 6.06. The van der Waals surface area contributed by atoms with E-state index >= 15 is 0 Å². The number of hydrogen-bond acceptors (Lipinski definition) is 2. The lowest BCUT2D eigenvalue weighted by molar-refractivity contribution is 0.345. The lowest BCUT2D eigenvalue weighted by Crippen LogP contribution is -2.00. The van der Waals surface area contributed by atoms with Gasteiger partial charge < -0.3 is 9.47 Å². The van der Waals surface area contributed by atoms with Crippen LogP contribution in [0.3, 0.4) is 0 Å². The van der Waals surface area contributed by atoms with Crippen LogP contribution in [-0.2, 0) is 0 Å². The molecule has 17 heavy (non-hydrogen) atoms. The summed E-state index contributed by atoms with van der Waals surface area (Å²) in [5.74, 6) is 2.25. The zero-order valence-corrected chi connectivity index (χ0v) is 10.8. The number of halogens is 1. The van der Waals surface area contributed by atoms with Gasteiger partial charge in [-0.15, -0.1) is 11.6 Å². The normalized spacial score (nSPS) is 10.5. The molecule has 0 N–H and O–H groups in total. The number of alkyl halides is 1. The van der Waals surface area contributed by atoms with Crippen LogP contribution in [0.2, 0.25) is 0 Å². The number of hydrogen-bond donors (Lipinski definition) is 0. The highest BCUT2D eigenvalue weighted by Crippen LogP contribution is 2.36. The Morgan fingerprint density at radius 3 is 2.53 bits per heavy atom. The molecule has 0 aliphatic rings. The molecule has 0 spiro atoms. The Labute approximate surface area is 106 Å². The minimum Gasteiger partial charge on any atom is -0.496 e. The maximum absolute atomic E-state index is 5.66. The van der Waals surface area contributed by atoms with Crippen LogP contribution in [0.15, 0.2) is 30.3 Å².